The van der Waals surface area contributed by atoms with Crippen molar-refractivity contribution in [2.45, 2.75) is 38.0 Å². The highest BCUT2D eigenvalue weighted by molar-refractivity contribution is 7.99. The molecule has 2 N–H and O–H groups in total. The third-order valence-electron chi connectivity index (χ3n) is 3.30. The van der Waals surface area contributed by atoms with Gasteiger partial charge in [0.25, 0.3) is 0 Å². The van der Waals surface area contributed by atoms with Crippen molar-refractivity contribution in [3.63, 3.8) is 0 Å². The Bertz CT molecular complexity index is 424. The molecule has 1 aromatic carbocycles. The van der Waals surface area contributed by atoms with Gasteiger partial charge in [0.15, 0.2) is 0 Å². The molecule has 0 heterocycles. The molecule has 112 valence electrons. The van der Waals surface area contributed by atoms with Crippen molar-refractivity contribution in [3.8, 4) is 0 Å². The van der Waals surface area contributed by atoms with Gasteiger partial charge in [-0.3, -0.25) is 4.79 Å². The average Bonchev–Trinajstić information content (AvgIpc) is 2.41. The summed E-state index contributed by atoms with van der Waals surface area (Å²) in [5.74, 6) is 1.22. The van der Waals surface area contributed by atoms with Crippen LogP contribution in [0.5, 0.6) is 0 Å². The number of benzene rings is 1. The summed E-state index contributed by atoms with van der Waals surface area (Å²) < 4.78 is 0. The van der Waals surface area contributed by atoms with Gasteiger partial charge in [0, 0.05) is 22.9 Å². The van der Waals surface area contributed by atoms with Gasteiger partial charge in [-0.25, -0.2) is 0 Å². The van der Waals surface area contributed by atoms with Gasteiger partial charge in [0.05, 0.1) is 5.75 Å². The van der Waals surface area contributed by atoms with Crippen LogP contribution in [0.3, 0.4) is 0 Å². The second kappa shape index (κ2) is 8.55. The second-order valence-electron chi connectivity index (χ2n) is 5.06. The van der Waals surface area contributed by atoms with E-state index in [1.54, 1.807) is 11.8 Å². The van der Waals surface area contributed by atoms with Crippen LogP contribution in [0.25, 0.3) is 0 Å². The molecule has 5 heteroatoms. The molecule has 0 bridgehead atoms. The second-order valence-corrected chi connectivity index (χ2v) is 6.48. The van der Waals surface area contributed by atoms with E-state index in [-0.39, 0.29) is 18.1 Å². The number of nitrogens with one attached hydrogen (secondary N) is 1. The van der Waals surface area contributed by atoms with Crippen molar-refractivity contribution >= 4 is 29.3 Å². The number of carbonyl (C=O) groups excluding carboxylic acids is 1. The Kier molecular flexibility index (Phi) is 7.41. The first-order chi connectivity index (χ1) is 9.49. The number of hydrogen-bond acceptors (Lipinski definition) is 3. The van der Waals surface area contributed by atoms with Crippen LogP contribution in [-0.4, -0.2) is 28.9 Å². The minimum absolute atomic E-state index is 0.0155. The highest BCUT2D eigenvalue weighted by atomic mass is 35.5. The molecule has 0 saturated carbocycles. The third kappa shape index (κ3) is 6.16. The first-order valence-electron chi connectivity index (χ1n) is 6.73. The lowest BCUT2D eigenvalue weighted by Gasteiger charge is -2.28. The van der Waals surface area contributed by atoms with E-state index in [2.05, 4.69) is 5.32 Å². The Hall–Kier alpha value is -0.710. The van der Waals surface area contributed by atoms with Crippen LogP contribution in [-0.2, 0) is 10.5 Å². The van der Waals surface area contributed by atoms with Crippen molar-refractivity contribution < 1.29 is 9.90 Å². The van der Waals surface area contributed by atoms with Gasteiger partial charge in [-0.2, -0.15) is 0 Å². The van der Waals surface area contributed by atoms with Crippen LogP contribution >= 0.6 is 23.4 Å². The maximum atomic E-state index is 11.9. The van der Waals surface area contributed by atoms with Crippen LogP contribution in [0, 0.1) is 0 Å². The number of thioether (sulfide) groups is 1. The number of carbonyl (C=O) groups is 1. The van der Waals surface area contributed by atoms with Crippen LogP contribution in [0.1, 0.15) is 32.3 Å². The molecule has 0 aliphatic rings. The molecule has 0 radical (unpaired) electrons. The Morgan fingerprint density at radius 3 is 2.60 bits per heavy atom. The van der Waals surface area contributed by atoms with Crippen LogP contribution < -0.4 is 5.32 Å². The van der Waals surface area contributed by atoms with Crippen molar-refractivity contribution in [2.24, 2.45) is 0 Å². The van der Waals surface area contributed by atoms with E-state index in [0.717, 1.165) is 22.8 Å². The van der Waals surface area contributed by atoms with E-state index in [4.69, 9.17) is 16.7 Å². The minimum Gasteiger partial charge on any atom is -0.396 e. The normalized spacial score (nSPS) is 13.8. The summed E-state index contributed by atoms with van der Waals surface area (Å²) in [5.41, 5.74) is 0.841. The maximum Gasteiger partial charge on any atom is 0.230 e. The van der Waals surface area contributed by atoms with Gasteiger partial charge in [0.1, 0.15) is 0 Å². The highest BCUT2D eigenvalue weighted by Crippen LogP contribution is 2.17. The van der Waals surface area contributed by atoms with Crippen LogP contribution in [0.15, 0.2) is 24.3 Å². The lowest BCUT2D eigenvalue weighted by atomic mass is 9.95. The zero-order valence-corrected chi connectivity index (χ0v) is 13.6. The summed E-state index contributed by atoms with van der Waals surface area (Å²) in [6, 6.07) is 7.64. The van der Waals surface area contributed by atoms with E-state index >= 15 is 0 Å². The first-order valence-corrected chi connectivity index (χ1v) is 8.26. The van der Waals surface area contributed by atoms with Crippen molar-refractivity contribution in [1.29, 1.82) is 0 Å². The lowest BCUT2D eigenvalue weighted by Crippen LogP contribution is -2.46. The topological polar surface area (TPSA) is 49.3 Å². The van der Waals surface area contributed by atoms with Crippen LogP contribution in [0.2, 0.25) is 5.02 Å². The SMILES string of the molecule is CCC(C)(CCO)NC(=O)CSCc1ccc(Cl)cc1. The van der Waals surface area contributed by atoms with Crippen molar-refractivity contribution in [1.82, 2.24) is 5.32 Å². The molecule has 3 nitrogen and oxygen atoms in total. The summed E-state index contributed by atoms with van der Waals surface area (Å²) >= 11 is 7.40. The fourth-order valence-electron chi connectivity index (χ4n) is 1.79. The number of amides is 1. The molecule has 1 amide bonds. The number of rotatable bonds is 8. The highest BCUT2D eigenvalue weighted by Gasteiger charge is 2.23. The zero-order valence-electron chi connectivity index (χ0n) is 12.0. The minimum atomic E-state index is -0.313. The molecule has 1 atom stereocenters. The number of halogens is 1. The Morgan fingerprint density at radius 2 is 2.05 bits per heavy atom. The van der Waals surface area contributed by atoms with Crippen LogP contribution in [0.4, 0.5) is 0 Å². The fraction of sp³-hybridized carbons (Fsp3) is 0.533. The molecular weight excluding hydrogens is 294 g/mol. The average molecular weight is 316 g/mol. The summed E-state index contributed by atoms with van der Waals surface area (Å²) in [6.45, 7) is 4.06. The number of hydrogen-bond donors (Lipinski definition) is 2. The van der Waals surface area contributed by atoms with Crippen molar-refractivity contribution in [2.75, 3.05) is 12.4 Å². The quantitative estimate of drug-likeness (QED) is 0.774. The van der Waals surface area contributed by atoms with E-state index in [1.165, 1.54) is 0 Å². The Morgan fingerprint density at radius 1 is 1.40 bits per heavy atom. The molecule has 0 saturated heterocycles. The summed E-state index contributed by atoms with van der Waals surface area (Å²) in [4.78, 5) is 11.9. The molecular formula is C15H22ClNO2S. The third-order valence-corrected chi connectivity index (χ3v) is 4.56. The van der Waals surface area contributed by atoms with Gasteiger partial charge in [-0.15, -0.1) is 11.8 Å². The van der Waals surface area contributed by atoms with Gasteiger partial charge < -0.3 is 10.4 Å². The lowest BCUT2D eigenvalue weighted by molar-refractivity contribution is -0.120. The van der Waals surface area contributed by atoms with E-state index < -0.39 is 0 Å². The molecule has 0 spiro atoms. The van der Waals surface area contributed by atoms with Gasteiger partial charge in [-0.05, 0) is 37.5 Å². The molecule has 1 unspecified atom stereocenters. The predicted molar refractivity (Wildman–Crippen MR) is 86.2 cm³/mol. The number of aliphatic hydroxyl groups excluding tert-OH is 1. The summed E-state index contributed by atoms with van der Waals surface area (Å²) in [7, 11) is 0. The van der Waals surface area contributed by atoms with Crippen molar-refractivity contribution in [3.05, 3.63) is 34.9 Å². The standard InChI is InChI=1S/C15H22ClNO2S/c1-3-15(2,8-9-18)17-14(19)11-20-10-12-4-6-13(16)7-5-12/h4-7,18H,3,8-11H2,1-2H3,(H,17,19). The van der Waals surface area contributed by atoms with Gasteiger partial charge in [0.2, 0.25) is 5.91 Å². The Labute approximate surface area is 130 Å². The monoisotopic (exact) mass is 315 g/mol. The van der Waals surface area contributed by atoms with E-state index in [9.17, 15) is 4.79 Å². The molecule has 0 aliphatic carbocycles. The summed E-state index contributed by atoms with van der Waals surface area (Å²) in [5, 5.41) is 12.7. The fourth-order valence-corrected chi connectivity index (χ4v) is 2.70. The predicted octanol–water partition coefficient (Wildman–Crippen LogP) is 3.24. The zero-order chi connectivity index (χ0) is 15.0. The molecule has 0 aromatic heterocycles. The van der Waals surface area contributed by atoms with E-state index in [1.807, 2.05) is 38.1 Å². The summed E-state index contributed by atoms with van der Waals surface area (Å²) in [6.07, 6.45) is 1.39. The number of aliphatic hydroxyl groups is 1. The van der Waals surface area contributed by atoms with Gasteiger partial charge >= 0.3 is 0 Å². The smallest absolute Gasteiger partial charge is 0.230 e. The molecule has 1 aromatic rings. The largest absolute Gasteiger partial charge is 0.396 e. The first kappa shape index (κ1) is 17.3. The van der Waals surface area contributed by atoms with Gasteiger partial charge in [-0.1, -0.05) is 30.7 Å². The molecule has 1 rings (SSSR count). The maximum absolute atomic E-state index is 11.9. The molecule has 0 aliphatic heterocycles. The Balaban J connectivity index is 2.34. The molecule has 0 fully saturated rings. The molecule has 20 heavy (non-hydrogen) atoms. The van der Waals surface area contributed by atoms with E-state index in [0.29, 0.717) is 12.2 Å².